The minimum absolute atomic E-state index is 0.00799. The first-order valence-electron chi connectivity index (χ1n) is 12.8. The Bertz CT molecular complexity index is 980. The molecule has 0 aliphatic carbocycles. The average Bonchev–Trinajstić information content (AvgIpc) is 2.83. The fourth-order valence-electron chi connectivity index (χ4n) is 4.65. The second kappa shape index (κ2) is 12.7. The van der Waals surface area contributed by atoms with Gasteiger partial charge in [-0.05, 0) is 43.0 Å². The molecule has 37 heavy (non-hydrogen) atoms. The van der Waals surface area contributed by atoms with E-state index in [0.717, 1.165) is 17.5 Å². The van der Waals surface area contributed by atoms with Crippen molar-refractivity contribution in [3.8, 4) is 0 Å². The third-order valence-corrected chi connectivity index (χ3v) is 7.57. The number of nitrogens with one attached hydrogen (secondary N) is 3. The molecule has 0 spiro atoms. The maximum Gasteiger partial charge on any atom is 0.331 e. The molecule has 0 saturated heterocycles. The number of benzene rings is 1. The SMILES string of the molecule is CNc1cccc(C(C)(C)C(C=O)(CN[C@H](C(=O)N(C)[C@H](/C=C(\C)C(=O)O)C(C)C)C(C)(C)C)NC)c1. The molecule has 1 rings (SSSR count). The van der Waals surface area contributed by atoms with Crippen molar-refractivity contribution in [1.29, 1.82) is 0 Å². The Balaban J connectivity index is 3.40. The summed E-state index contributed by atoms with van der Waals surface area (Å²) in [5.41, 5.74) is 0.00784. The highest BCUT2D eigenvalue weighted by molar-refractivity contribution is 5.87. The molecule has 0 heterocycles. The summed E-state index contributed by atoms with van der Waals surface area (Å²) in [6, 6.07) is 6.94. The number of rotatable bonds is 13. The van der Waals surface area contributed by atoms with Gasteiger partial charge in [-0.15, -0.1) is 0 Å². The topological polar surface area (TPSA) is 111 Å². The highest BCUT2D eigenvalue weighted by atomic mass is 16.4. The van der Waals surface area contributed by atoms with Crippen LogP contribution < -0.4 is 16.0 Å². The minimum Gasteiger partial charge on any atom is -0.478 e. The van der Waals surface area contributed by atoms with Crippen LogP contribution in [0.25, 0.3) is 0 Å². The van der Waals surface area contributed by atoms with E-state index in [0.29, 0.717) is 0 Å². The van der Waals surface area contributed by atoms with Crippen molar-refractivity contribution in [2.24, 2.45) is 11.3 Å². The molecule has 0 bridgehead atoms. The average molecular weight is 517 g/mol. The van der Waals surface area contributed by atoms with Crippen LogP contribution in [0, 0.1) is 11.3 Å². The molecule has 4 N–H and O–H groups in total. The van der Waals surface area contributed by atoms with Crippen molar-refractivity contribution in [2.45, 2.75) is 78.4 Å². The Morgan fingerprint density at radius 3 is 2.14 bits per heavy atom. The summed E-state index contributed by atoms with van der Waals surface area (Å²) in [5, 5.41) is 19.2. The van der Waals surface area contributed by atoms with Gasteiger partial charge in [0.25, 0.3) is 0 Å². The lowest BCUT2D eigenvalue weighted by molar-refractivity contribution is -0.137. The maximum absolute atomic E-state index is 13.9. The quantitative estimate of drug-likeness (QED) is 0.234. The molecule has 208 valence electrons. The number of anilines is 1. The van der Waals surface area contributed by atoms with Crippen molar-refractivity contribution >= 4 is 23.9 Å². The third-order valence-electron chi connectivity index (χ3n) is 7.57. The van der Waals surface area contributed by atoms with Gasteiger partial charge in [0.05, 0.1) is 17.6 Å². The Kier molecular flexibility index (Phi) is 11.1. The van der Waals surface area contributed by atoms with Gasteiger partial charge in [0.1, 0.15) is 6.29 Å². The number of amides is 1. The van der Waals surface area contributed by atoms with E-state index in [1.165, 1.54) is 6.92 Å². The molecular formula is C29H48N4O4. The van der Waals surface area contributed by atoms with Crippen molar-refractivity contribution in [1.82, 2.24) is 15.5 Å². The second-order valence-corrected chi connectivity index (χ2v) is 11.8. The van der Waals surface area contributed by atoms with Crippen LogP contribution in [-0.4, -0.2) is 73.5 Å². The van der Waals surface area contributed by atoms with E-state index in [4.69, 9.17) is 0 Å². The summed E-state index contributed by atoms with van der Waals surface area (Å²) in [4.78, 5) is 39.6. The Hall–Kier alpha value is -2.71. The molecule has 0 aliphatic rings. The number of carbonyl (C=O) groups excluding carboxylic acids is 2. The molecule has 1 aromatic rings. The molecule has 3 atom stereocenters. The van der Waals surface area contributed by atoms with Gasteiger partial charge in [-0.3, -0.25) is 4.79 Å². The van der Waals surface area contributed by atoms with Gasteiger partial charge in [-0.1, -0.05) is 66.7 Å². The van der Waals surface area contributed by atoms with Crippen LogP contribution in [0.2, 0.25) is 0 Å². The molecule has 0 aromatic heterocycles. The van der Waals surface area contributed by atoms with Gasteiger partial charge >= 0.3 is 5.97 Å². The zero-order valence-electron chi connectivity index (χ0n) is 24.5. The van der Waals surface area contributed by atoms with Gasteiger partial charge in [0.2, 0.25) is 5.91 Å². The van der Waals surface area contributed by atoms with Gasteiger partial charge in [-0.2, -0.15) is 0 Å². The Morgan fingerprint density at radius 1 is 1.11 bits per heavy atom. The number of carboxylic acids is 1. The highest BCUT2D eigenvalue weighted by Crippen LogP contribution is 2.35. The molecule has 0 fully saturated rings. The lowest BCUT2D eigenvalue weighted by Crippen LogP contribution is -2.66. The first kappa shape index (κ1) is 32.3. The Labute approximate surface area is 223 Å². The summed E-state index contributed by atoms with van der Waals surface area (Å²) in [6.07, 6.45) is 2.56. The molecule has 1 unspecified atom stereocenters. The van der Waals surface area contributed by atoms with Crippen molar-refractivity contribution in [2.75, 3.05) is 33.0 Å². The first-order chi connectivity index (χ1) is 17.0. The van der Waals surface area contributed by atoms with Crippen LogP contribution in [0.3, 0.4) is 0 Å². The fraction of sp³-hybridized carbons (Fsp3) is 0.621. The summed E-state index contributed by atoms with van der Waals surface area (Å²) in [6.45, 7) is 15.6. The summed E-state index contributed by atoms with van der Waals surface area (Å²) >= 11 is 0. The van der Waals surface area contributed by atoms with Crippen LogP contribution in [0.5, 0.6) is 0 Å². The van der Waals surface area contributed by atoms with E-state index in [1.54, 1.807) is 25.1 Å². The number of hydrogen-bond acceptors (Lipinski definition) is 6. The monoisotopic (exact) mass is 516 g/mol. The van der Waals surface area contributed by atoms with Crippen LogP contribution >= 0.6 is 0 Å². The summed E-state index contributed by atoms with van der Waals surface area (Å²) in [7, 11) is 5.32. The van der Waals surface area contributed by atoms with Crippen molar-refractivity contribution < 1.29 is 19.5 Å². The number of hydrogen-bond donors (Lipinski definition) is 4. The van der Waals surface area contributed by atoms with Crippen molar-refractivity contribution in [3.05, 3.63) is 41.5 Å². The molecule has 8 heteroatoms. The number of carboxylic acid groups (broad SMARTS) is 1. The minimum atomic E-state index is -1.01. The number of aliphatic carboxylic acids is 1. The van der Waals surface area contributed by atoms with Crippen LogP contribution in [-0.2, 0) is 19.8 Å². The smallest absolute Gasteiger partial charge is 0.331 e. The van der Waals surface area contributed by atoms with Gasteiger partial charge in [0.15, 0.2) is 0 Å². The van der Waals surface area contributed by atoms with E-state index < -0.39 is 34.4 Å². The second-order valence-electron chi connectivity index (χ2n) is 11.8. The molecular weight excluding hydrogens is 468 g/mol. The van der Waals surface area contributed by atoms with Crippen LogP contribution in [0.4, 0.5) is 5.69 Å². The van der Waals surface area contributed by atoms with Crippen molar-refractivity contribution in [3.63, 3.8) is 0 Å². The van der Waals surface area contributed by atoms with Crippen LogP contribution in [0.1, 0.15) is 61.0 Å². The number of likely N-dealkylation sites (N-methyl/N-ethyl adjacent to an activating group) is 2. The van der Waals surface area contributed by atoms with Gasteiger partial charge in [0, 0.05) is 37.3 Å². The molecule has 0 saturated carbocycles. The van der Waals surface area contributed by atoms with Gasteiger partial charge < -0.3 is 30.8 Å². The third kappa shape index (κ3) is 7.42. The van der Waals surface area contributed by atoms with Gasteiger partial charge in [-0.25, -0.2) is 4.79 Å². The molecule has 0 aliphatic heterocycles. The normalized spacial score (nSPS) is 16.1. The zero-order valence-corrected chi connectivity index (χ0v) is 24.5. The van der Waals surface area contributed by atoms with Crippen LogP contribution in [0.15, 0.2) is 35.9 Å². The molecule has 0 radical (unpaired) electrons. The summed E-state index contributed by atoms with van der Waals surface area (Å²) in [5.74, 6) is -1.16. The van der Waals surface area contributed by atoms with E-state index in [1.807, 2.05) is 79.8 Å². The lowest BCUT2D eigenvalue weighted by atomic mass is 9.68. The predicted molar refractivity (Wildman–Crippen MR) is 151 cm³/mol. The van der Waals surface area contributed by atoms with E-state index >= 15 is 0 Å². The van der Waals surface area contributed by atoms with E-state index in [9.17, 15) is 19.5 Å². The number of aldehydes is 1. The molecule has 1 amide bonds. The molecule has 8 nitrogen and oxygen atoms in total. The Morgan fingerprint density at radius 2 is 1.70 bits per heavy atom. The van der Waals surface area contributed by atoms with E-state index in [2.05, 4.69) is 16.0 Å². The number of carbonyl (C=O) groups is 3. The fourth-order valence-corrected chi connectivity index (χ4v) is 4.65. The largest absolute Gasteiger partial charge is 0.478 e. The highest BCUT2D eigenvalue weighted by Gasteiger charge is 2.47. The number of nitrogens with zero attached hydrogens (tertiary/aromatic N) is 1. The lowest BCUT2D eigenvalue weighted by Gasteiger charge is -2.45. The van der Waals surface area contributed by atoms with E-state index in [-0.39, 0.29) is 23.9 Å². The maximum atomic E-state index is 13.9. The summed E-state index contributed by atoms with van der Waals surface area (Å²) < 4.78 is 0. The first-order valence-corrected chi connectivity index (χ1v) is 12.8. The predicted octanol–water partition coefficient (Wildman–Crippen LogP) is 3.68. The molecule has 1 aromatic carbocycles. The zero-order chi connectivity index (χ0) is 28.8. The standard InChI is InChI=1S/C29H48N4O4/c1-19(2)23(15-20(3)26(36)37)33(11)25(35)24(27(4,5)6)32-17-29(18-34,31-10)28(7,8)21-13-12-14-22(16-21)30-9/h12-16,18-19,23-24,30-32H,17H2,1-11H3,(H,36,37)/b20-15+/t23-,24-,29?/m1/s1.